The number of carbonyl (C=O) groups excluding carboxylic acids is 2. The number of hydrogen-bond donors (Lipinski definition) is 1. The highest BCUT2D eigenvalue weighted by Gasteiger charge is 2.41. The van der Waals surface area contributed by atoms with Gasteiger partial charge in [-0.2, -0.15) is 18.3 Å². The lowest BCUT2D eigenvalue weighted by Gasteiger charge is -2.38. The van der Waals surface area contributed by atoms with Gasteiger partial charge < -0.3 is 15.0 Å². The number of benzene rings is 2. The first-order chi connectivity index (χ1) is 19.0. The van der Waals surface area contributed by atoms with Crippen LogP contribution in [0.3, 0.4) is 0 Å². The summed E-state index contributed by atoms with van der Waals surface area (Å²) in [6, 6.07) is 15.4. The van der Waals surface area contributed by atoms with Crippen molar-refractivity contribution in [2.75, 3.05) is 19.0 Å². The van der Waals surface area contributed by atoms with Crippen LogP contribution in [0.5, 0.6) is 5.75 Å². The number of aromatic nitrogens is 2. The van der Waals surface area contributed by atoms with Gasteiger partial charge in [-0.3, -0.25) is 14.3 Å². The zero-order chi connectivity index (χ0) is 28.7. The lowest BCUT2D eigenvalue weighted by Crippen LogP contribution is -2.46. The highest BCUT2D eigenvalue weighted by Crippen LogP contribution is 2.37. The van der Waals surface area contributed by atoms with Crippen LogP contribution >= 0.6 is 11.3 Å². The van der Waals surface area contributed by atoms with Crippen molar-refractivity contribution in [3.05, 3.63) is 99.0 Å². The van der Waals surface area contributed by atoms with E-state index in [-0.39, 0.29) is 24.7 Å². The molecule has 0 saturated heterocycles. The monoisotopic (exact) mass is 568 g/mol. The van der Waals surface area contributed by atoms with E-state index in [1.807, 2.05) is 25.3 Å². The van der Waals surface area contributed by atoms with Gasteiger partial charge in [0.15, 0.2) is 5.69 Å². The molecule has 1 N–H and O–H groups in total. The number of rotatable bonds is 6. The van der Waals surface area contributed by atoms with Gasteiger partial charge in [-0.25, -0.2) is 0 Å². The molecular weight excluding hydrogens is 541 g/mol. The highest BCUT2D eigenvalue weighted by molar-refractivity contribution is 7.12. The Kier molecular flexibility index (Phi) is 7.17. The Morgan fingerprint density at radius 2 is 1.85 bits per heavy atom. The van der Waals surface area contributed by atoms with Gasteiger partial charge in [0.25, 0.3) is 11.8 Å². The Labute approximate surface area is 233 Å². The molecule has 1 aliphatic rings. The topological polar surface area (TPSA) is 76.5 Å². The van der Waals surface area contributed by atoms with Crippen molar-refractivity contribution in [3.63, 3.8) is 0 Å². The molecule has 2 aromatic heterocycles. The van der Waals surface area contributed by atoms with E-state index >= 15 is 0 Å². The third-order valence-corrected chi connectivity index (χ3v) is 7.66. The molecule has 2 amide bonds. The Hall–Kier alpha value is -4.12. The molecule has 0 fully saturated rings. The van der Waals surface area contributed by atoms with Crippen molar-refractivity contribution in [1.82, 2.24) is 14.7 Å². The average molecular weight is 569 g/mol. The van der Waals surface area contributed by atoms with Crippen LogP contribution in [-0.2, 0) is 24.7 Å². The normalized spacial score (nSPS) is 14.5. The van der Waals surface area contributed by atoms with Crippen LogP contribution in [-0.4, -0.2) is 40.1 Å². The number of nitrogens with one attached hydrogen (secondary N) is 1. The van der Waals surface area contributed by atoms with Crippen LogP contribution < -0.4 is 10.1 Å². The summed E-state index contributed by atoms with van der Waals surface area (Å²) in [5.41, 5.74) is 1.30. The molecule has 3 heterocycles. The second kappa shape index (κ2) is 10.5. The summed E-state index contributed by atoms with van der Waals surface area (Å²) < 4.78 is 46.2. The summed E-state index contributed by atoms with van der Waals surface area (Å²) in [7, 11) is 1.53. The molecule has 0 saturated carbocycles. The number of nitrogens with zero attached hydrogens (tertiary/aromatic N) is 3. The second-order valence-electron chi connectivity index (χ2n) is 10.2. The van der Waals surface area contributed by atoms with Gasteiger partial charge in [-0.1, -0.05) is 38.1 Å². The largest absolute Gasteiger partial charge is 0.497 e. The predicted octanol–water partition coefficient (Wildman–Crippen LogP) is 6.21. The fourth-order valence-corrected chi connectivity index (χ4v) is 5.76. The molecule has 0 bridgehead atoms. The average Bonchev–Trinajstić information content (AvgIpc) is 3.57. The summed E-state index contributed by atoms with van der Waals surface area (Å²) >= 11 is 1.35. The minimum Gasteiger partial charge on any atom is -0.497 e. The minimum atomic E-state index is -4.44. The number of fused-ring (bicyclic) bond motifs is 1. The number of methoxy groups -OCH3 is 1. The van der Waals surface area contributed by atoms with Crippen LogP contribution in [0, 0.1) is 0 Å². The first kappa shape index (κ1) is 27.4. The Morgan fingerprint density at radius 1 is 1.10 bits per heavy atom. The van der Waals surface area contributed by atoms with Crippen LogP contribution in [0.4, 0.5) is 18.9 Å². The van der Waals surface area contributed by atoms with Crippen molar-refractivity contribution in [3.8, 4) is 5.75 Å². The van der Waals surface area contributed by atoms with E-state index in [0.29, 0.717) is 34.0 Å². The van der Waals surface area contributed by atoms with Crippen molar-refractivity contribution < 1.29 is 27.5 Å². The maximum atomic E-state index is 13.6. The molecular formula is C29H27F3N4O3S. The van der Waals surface area contributed by atoms with Crippen molar-refractivity contribution >= 4 is 28.8 Å². The lowest BCUT2D eigenvalue weighted by atomic mass is 9.82. The van der Waals surface area contributed by atoms with Crippen molar-refractivity contribution in [2.24, 2.45) is 0 Å². The first-order valence-corrected chi connectivity index (χ1v) is 13.4. The predicted molar refractivity (Wildman–Crippen MR) is 146 cm³/mol. The lowest BCUT2D eigenvalue weighted by molar-refractivity contribution is -0.137. The summed E-state index contributed by atoms with van der Waals surface area (Å²) in [6.07, 6.45) is -4.44. The smallest absolute Gasteiger partial charge is 0.416 e. The van der Waals surface area contributed by atoms with E-state index in [1.54, 1.807) is 39.9 Å². The molecule has 5 rings (SSSR count). The van der Waals surface area contributed by atoms with Gasteiger partial charge in [-0.15, -0.1) is 11.3 Å². The second-order valence-corrected chi connectivity index (χ2v) is 11.2. The van der Waals surface area contributed by atoms with Crippen LogP contribution in [0.1, 0.15) is 56.4 Å². The third kappa shape index (κ3) is 5.46. The quantitative estimate of drug-likeness (QED) is 0.300. The number of halogens is 3. The molecule has 4 aromatic rings. The molecule has 0 unspecified atom stereocenters. The SMILES string of the molecule is COc1cccc(NC(=O)c2nn(Cc3ccc(C(F)(F)F)cc3)c3c2CN(C(=O)c2cccs2)CC3(C)C)c1. The van der Waals surface area contributed by atoms with Gasteiger partial charge in [0.2, 0.25) is 0 Å². The number of ether oxygens (including phenoxy) is 1. The van der Waals surface area contributed by atoms with Gasteiger partial charge >= 0.3 is 6.18 Å². The molecule has 40 heavy (non-hydrogen) atoms. The molecule has 0 atom stereocenters. The maximum Gasteiger partial charge on any atom is 0.416 e. The van der Waals surface area contributed by atoms with Gasteiger partial charge in [-0.05, 0) is 41.3 Å². The fraction of sp³-hybridized carbons (Fsp3) is 0.276. The summed E-state index contributed by atoms with van der Waals surface area (Å²) in [4.78, 5) is 29.2. The Bertz CT molecular complexity index is 1540. The molecule has 11 heteroatoms. The van der Waals surface area contributed by atoms with E-state index in [2.05, 4.69) is 10.4 Å². The van der Waals surface area contributed by atoms with Gasteiger partial charge in [0, 0.05) is 29.3 Å². The highest BCUT2D eigenvalue weighted by atomic mass is 32.1. The van der Waals surface area contributed by atoms with Crippen LogP contribution in [0.25, 0.3) is 0 Å². The van der Waals surface area contributed by atoms with Gasteiger partial charge in [0.05, 0.1) is 36.3 Å². The zero-order valence-electron chi connectivity index (χ0n) is 22.1. The summed E-state index contributed by atoms with van der Waals surface area (Å²) in [6.45, 7) is 4.65. The number of amides is 2. The molecule has 208 valence electrons. The number of alkyl halides is 3. The third-order valence-electron chi connectivity index (χ3n) is 6.80. The molecule has 0 spiro atoms. The van der Waals surface area contributed by atoms with Crippen LogP contribution in [0.2, 0.25) is 0 Å². The van der Waals surface area contributed by atoms with E-state index in [0.717, 1.165) is 17.8 Å². The molecule has 1 aliphatic heterocycles. The van der Waals surface area contributed by atoms with E-state index < -0.39 is 23.1 Å². The molecule has 0 aliphatic carbocycles. The molecule has 7 nitrogen and oxygen atoms in total. The van der Waals surface area contributed by atoms with Crippen LogP contribution in [0.15, 0.2) is 66.0 Å². The zero-order valence-corrected chi connectivity index (χ0v) is 22.9. The summed E-state index contributed by atoms with van der Waals surface area (Å²) in [5, 5.41) is 9.36. The number of carbonyl (C=O) groups is 2. The first-order valence-electron chi connectivity index (χ1n) is 12.5. The molecule has 2 aromatic carbocycles. The minimum absolute atomic E-state index is 0.136. The fourth-order valence-electron chi connectivity index (χ4n) is 5.07. The summed E-state index contributed by atoms with van der Waals surface area (Å²) in [5.74, 6) is -0.0261. The van der Waals surface area contributed by atoms with E-state index in [9.17, 15) is 22.8 Å². The van der Waals surface area contributed by atoms with Crippen molar-refractivity contribution in [1.29, 1.82) is 0 Å². The Morgan fingerprint density at radius 3 is 2.50 bits per heavy atom. The number of anilines is 1. The van der Waals surface area contributed by atoms with E-state index in [1.165, 1.54) is 30.6 Å². The maximum absolute atomic E-state index is 13.6. The molecule has 0 radical (unpaired) electrons. The number of hydrogen-bond acceptors (Lipinski definition) is 5. The number of thiophene rings is 1. The van der Waals surface area contributed by atoms with E-state index in [4.69, 9.17) is 4.74 Å². The van der Waals surface area contributed by atoms with Gasteiger partial charge in [0.1, 0.15) is 5.75 Å². The van der Waals surface area contributed by atoms with Crippen molar-refractivity contribution in [2.45, 2.75) is 38.5 Å². The Balaban J connectivity index is 1.54. The standard InChI is InChI=1S/C29H27F3N4O3S/c1-28(2)17-35(27(38)23-8-5-13-40-23)16-22-24(26(37)33-20-6-4-7-21(14-20)39-3)34-36(25(22)28)15-18-9-11-19(12-10-18)29(30,31)32/h4-14H,15-17H2,1-3H3,(H,33,37).